The van der Waals surface area contributed by atoms with Gasteiger partial charge in [-0.25, -0.2) is 0 Å². The minimum atomic E-state index is -5.94. The summed E-state index contributed by atoms with van der Waals surface area (Å²) in [6.07, 6.45) is -11.1. The molecule has 1 nitrogen and oxygen atoms in total. The van der Waals surface area contributed by atoms with E-state index >= 15 is 0 Å². The summed E-state index contributed by atoms with van der Waals surface area (Å²) in [6, 6.07) is 0. The highest BCUT2D eigenvalue weighted by Gasteiger charge is 2.47. The molecule has 0 radical (unpaired) electrons. The molecule has 0 bridgehead atoms. The highest BCUT2D eigenvalue weighted by molar-refractivity contribution is 5.10. The molecule has 0 saturated heterocycles. The van der Waals surface area contributed by atoms with Crippen LogP contribution >= 0.6 is 0 Å². The minimum Gasteiger partial charge on any atom is -0.516 e. The van der Waals surface area contributed by atoms with Gasteiger partial charge in [-0.2, -0.15) is 35.1 Å². The first-order chi connectivity index (χ1) is 6.48. The summed E-state index contributed by atoms with van der Waals surface area (Å²) in [5, 5.41) is 7.33. The number of allylic oxidation sites excluding steroid dienone is 2. The van der Waals surface area contributed by atoms with Crippen molar-refractivity contribution in [2.24, 2.45) is 0 Å². The smallest absolute Gasteiger partial charge is 0.445 e. The summed E-state index contributed by atoms with van der Waals surface area (Å²) in [7, 11) is 0. The SMILES string of the molecule is C=CO.FC(=C(F)C(F)(F)F)C(F)(F)F. The standard InChI is InChI=1S/C4F8.C2H4O/c5-1(3(7,8)9)2(6)4(10,11)12;1-2-3/h;2-3H,1H2. The Bertz CT molecular complexity index is 212. The average molecular weight is 244 g/mol. The number of rotatable bonds is 0. The number of hydrogen-bond acceptors (Lipinski definition) is 1. The van der Waals surface area contributed by atoms with Gasteiger partial charge in [0.1, 0.15) is 0 Å². The lowest BCUT2D eigenvalue weighted by atomic mass is 10.4. The van der Waals surface area contributed by atoms with Crippen LogP contribution in [-0.4, -0.2) is 17.5 Å². The van der Waals surface area contributed by atoms with Gasteiger partial charge in [-0.3, -0.25) is 0 Å². The Hall–Kier alpha value is -1.28. The summed E-state index contributed by atoms with van der Waals surface area (Å²) >= 11 is 0. The van der Waals surface area contributed by atoms with Crippen LogP contribution < -0.4 is 0 Å². The van der Waals surface area contributed by atoms with E-state index in [1.807, 2.05) is 0 Å². The normalized spacial score (nSPS) is 13.6. The van der Waals surface area contributed by atoms with Crippen molar-refractivity contribution in [2.45, 2.75) is 12.4 Å². The number of alkyl halides is 6. The zero-order chi connectivity index (χ0) is 12.9. The molecular weight excluding hydrogens is 240 g/mol. The number of hydrogen-bond donors (Lipinski definition) is 1. The molecule has 0 saturated carbocycles. The first-order valence-electron chi connectivity index (χ1n) is 2.93. The highest BCUT2D eigenvalue weighted by Crippen LogP contribution is 2.37. The van der Waals surface area contributed by atoms with E-state index in [-0.39, 0.29) is 0 Å². The second-order valence-electron chi connectivity index (χ2n) is 1.81. The van der Waals surface area contributed by atoms with Crippen LogP contribution in [0.2, 0.25) is 0 Å². The quantitative estimate of drug-likeness (QED) is 0.505. The highest BCUT2D eigenvalue weighted by atomic mass is 19.4. The predicted octanol–water partition coefficient (Wildman–Crippen LogP) is 3.95. The van der Waals surface area contributed by atoms with Crippen LogP contribution in [0.1, 0.15) is 0 Å². The molecule has 0 heterocycles. The van der Waals surface area contributed by atoms with Crippen LogP contribution in [0.4, 0.5) is 35.1 Å². The molecule has 0 aliphatic rings. The summed E-state index contributed by atoms with van der Waals surface area (Å²) in [6.45, 7) is 2.92. The van der Waals surface area contributed by atoms with Crippen molar-refractivity contribution in [2.75, 3.05) is 0 Å². The van der Waals surface area contributed by atoms with Crippen LogP contribution in [0.5, 0.6) is 0 Å². The lowest BCUT2D eigenvalue weighted by Gasteiger charge is -2.07. The van der Waals surface area contributed by atoms with Crippen molar-refractivity contribution >= 4 is 0 Å². The van der Waals surface area contributed by atoms with Crippen LogP contribution in [-0.2, 0) is 0 Å². The van der Waals surface area contributed by atoms with Gasteiger partial charge in [-0.05, 0) is 0 Å². The first kappa shape index (κ1) is 16.2. The van der Waals surface area contributed by atoms with Crippen LogP contribution in [0, 0.1) is 0 Å². The zero-order valence-corrected chi connectivity index (χ0v) is 6.76. The lowest BCUT2D eigenvalue weighted by molar-refractivity contribution is -0.139. The van der Waals surface area contributed by atoms with Crippen molar-refractivity contribution in [3.63, 3.8) is 0 Å². The maximum absolute atomic E-state index is 11.5. The van der Waals surface area contributed by atoms with E-state index in [4.69, 9.17) is 5.11 Å². The van der Waals surface area contributed by atoms with Gasteiger partial charge >= 0.3 is 12.4 Å². The summed E-state index contributed by atoms with van der Waals surface area (Å²) in [5.41, 5.74) is 0. The second kappa shape index (κ2) is 5.56. The number of aliphatic hydroxyl groups is 1. The van der Waals surface area contributed by atoms with E-state index in [1.54, 1.807) is 0 Å². The summed E-state index contributed by atoms with van der Waals surface area (Å²) < 4.78 is 89.3. The Morgan fingerprint density at radius 3 is 1.07 bits per heavy atom. The Morgan fingerprint density at radius 1 is 0.867 bits per heavy atom. The van der Waals surface area contributed by atoms with Gasteiger partial charge in [-0.15, -0.1) is 0 Å². The molecular formula is C6H4F8O. The van der Waals surface area contributed by atoms with E-state index in [0.29, 0.717) is 0 Å². The molecule has 0 aromatic heterocycles. The molecule has 0 aliphatic heterocycles. The fourth-order valence-electron chi connectivity index (χ4n) is 0.249. The maximum atomic E-state index is 11.5. The molecule has 0 aromatic rings. The van der Waals surface area contributed by atoms with E-state index in [2.05, 4.69) is 6.58 Å². The topological polar surface area (TPSA) is 20.2 Å². The largest absolute Gasteiger partial charge is 0.516 e. The minimum absolute atomic E-state index is 0.750. The van der Waals surface area contributed by atoms with E-state index in [1.165, 1.54) is 0 Å². The van der Waals surface area contributed by atoms with Crippen molar-refractivity contribution in [1.29, 1.82) is 0 Å². The molecule has 0 rings (SSSR count). The third-order valence-electron chi connectivity index (χ3n) is 0.690. The molecule has 90 valence electrons. The van der Waals surface area contributed by atoms with Crippen molar-refractivity contribution in [3.05, 3.63) is 24.5 Å². The maximum Gasteiger partial charge on any atom is 0.445 e. The van der Waals surface area contributed by atoms with Gasteiger partial charge in [0.15, 0.2) is 0 Å². The molecule has 15 heavy (non-hydrogen) atoms. The van der Waals surface area contributed by atoms with Gasteiger partial charge in [0.25, 0.3) is 0 Å². The summed E-state index contributed by atoms with van der Waals surface area (Å²) in [4.78, 5) is 0. The van der Waals surface area contributed by atoms with Crippen molar-refractivity contribution < 1.29 is 40.2 Å². The number of halogens is 8. The zero-order valence-electron chi connectivity index (χ0n) is 6.76. The Kier molecular flexibility index (Phi) is 6.00. The van der Waals surface area contributed by atoms with Crippen molar-refractivity contribution in [3.8, 4) is 0 Å². The monoisotopic (exact) mass is 244 g/mol. The lowest BCUT2D eigenvalue weighted by Crippen LogP contribution is -2.17. The third kappa shape index (κ3) is 6.75. The van der Waals surface area contributed by atoms with Crippen molar-refractivity contribution in [1.82, 2.24) is 0 Å². The van der Waals surface area contributed by atoms with Crippen LogP contribution in [0.3, 0.4) is 0 Å². The molecule has 0 atom stereocenters. The molecule has 0 aliphatic carbocycles. The summed E-state index contributed by atoms with van der Waals surface area (Å²) in [5.74, 6) is -7.54. The first-order valence-corrected chi connectivity index (χ1v) is 2.93. The molecule has 1 N–H and O–H groups in total. The van der Waals surface area contributed by atoms with Gasteiger partial charge < -0.3 is 5.11 Å². The molecule has 0 amide bonds. The molecule has 9 heteroatoms. The number of aliphatic hydroxyl groups excluding tert-OH is 1. The Labute approximate surface area is 78.3 Å². The Morgan fingerprint density at radius 2 is 1.00 bits per heavy atom. The third-order valence-corrected chi connectivity index (χ3v) is 0.690. The second-order valence-corrected chi connectivity index (χ2v) is 1.81. The van der Waals surface area contributed by atoms with Gasteiger partial charge in [-0.1, -0.05) is 6.58 Å². The molecule has 0 aromatic carbocycles. The average Bonchev–Trinajstić information content (AvgIpc) is 1.99. The molecule has 0 fully saturated rings. The Balaban J connectivity index is 0. The van der Waals surface area contributed by atoms with Gasteiger partial charge in [0.2, 0.25) is 11.7 Å². The van der Waals surface area contributed by atoms with E-state index in [9.17, 15) is 35.1 Å². The predicted molar refractivity (Wildman–Crippen MR) is 34.2 cm³/mol. The fourth-order valence-corrected chi connectivity index (χ4v) is 0.249. The molecule has 0 spiro atoms. The van der Waals surface area contributed by atoms with Gasteiger partial charge in [0, 0.05) is 0 Å². The van der Waals surface area contributed by atoms with Crippen LogP contribution in [0.25, 0.3) is 0 Å². The van der Waals surface area contributed by atoms with Gasteiger partial charge in [0.05, 0.1) is 6.26 Å². The fraction of sp³-hybridized carbons (Fsp3) is 0.333. The van der Waals surface area contributed by atoms with E-state index in [0.717, 1.165) is 6.26 Å². The molecule has 0 unspecified atom stereocenters. The van der Waals surface area contributed by atoms with Crippen LogP contribution in [0.15, 0.2) is 24.5 Å². The van der Waals surface area contributed by atoms with E-state index < -0.39 is 24.0 Å².